The van der Waals surface area contributed by atoms with Gasteiger partial charge in [0.25, 0.3) is 0 Å². The second-order valence-electron chi connectivity index (χ2n) is 4.92. The molecule has 1 saturated carbocycles. The highest BCUT2D eigenvalue weighted by atomic mass is 16.1. The summed E-state index contributed by atoms with van der Waals surface area (Å²) in [6.07, 6.45) is 4.36. The van der Waals surface area contributed by atoms with Crippen molar-refractivity contribution in [3.63, 3.8) is 0 Å². The number of rotatable bonds is 4. The van der Waals surface area contributed by atoms with Gasteiger partial charge < -0.3 is 16.4 Å². The Morgan fingerprint density at radius 2 is 2.11 bits per heavy atom. The lowest BCUT2D eigenvalue weighted by atomic mass is 10.1. The molecule has 100 valence electrons. The fourth-order valence-corrected chi connectivity index (χ4v) is 2.69. The topological polar surface area (TPSA) is 96.1 Å². The molecule has 2 rings (SSSR count). The predicted molar refractivity (Wildman–Crippen MR) is 74.4 cm³/mol. The number of hydrogen-bond donors (Lipinski definition) is 2. The molecular weight excluding hydrogens is 240 g/mol. The molecule has 0 saturated heterocycles. The summed E-state index contributed by atoms with van der Waals surface area (Å²) >= 11 is 0. The van der Waals surface area contributed by atoms with Crippen molar-refractivity contribution in [1.82, 2.24) is 0 Å². The predicted octanol–water partition coefficient (Wildman–Crippen LogP) is 1.37. The van der Waals surface area contributed by atoms with E-state index in [1.54, 1.807) is 18.2 Å². The lowest BCUT2D eigenvalue weighted by Gasteiger charge is -2.30. The number of nitrogens with two attached hydrogens (primary N) is 2. The van der Waals surface area contributed by atoms with Crippen LogP contribution in [0, 0.1) is 11.3 Å². The minimum absolute atomic E-state index is 0.142. The summed E-state index contributed by atoms with van der Waals surface area (Å²) in [6.45, 7) is 0.142. The maximum atomic E-state index is 11.3. The van der Waals surface area contributed by atoms with Crippen molar-refractivity contribution < 1.29 is 4.79 Å². The third kappa shape index (κ3) is 2.97. The van der Waals surface area contributed by atoms with Crippen LogP contribution in [0.2, 0.25) is 0 Å². The van der Waals surface area contributed by atoms with Crippen LogP contribution in [0.25, 0.3) is 0 Å². The van der Waals surface area contributed by atoms with Crippen LogP contribution in [0.15, 0.2) is 18.2 Å². The maximum Gasteiger partial charge on any atom is 0.236 e. The first-order chi connectivity index (χ1) is 9.11. The number of benzene rings is 1. The largest absolute Gasteiger partial charge is 0.399 e. The Kier molecular flexibility index (Phi) is 3.91. The van der Waals surface area contributed by atoms with Crippen LogP contribution in [-0.2, 0) is 4.79 Å². The molecule has 0 unspecified atom stereocenters. The number of carbonyl (C=O) groups is 1. The quantitative estimate of drug-likeness (QED) is 0.797. The molecule has 1 fully saturated rings. The molecule has 0 aliphatic heterocycles. The molecular formula is C14H18N4O. The molecule has 0 radical (unpaired) electrons. The highest BCUT2D eigenvalue weighted by molar-refractivity contribution is 5.81. The molecule has 0 spiro atoms. The molecule has 5 heteroatoms. The van der Waals surface area contributed by atoms with Crippen LogP contribution in [0.4, 0.5) is 11.4 Å². The lowest BCUT2D eigenvalue weighted by Crippen LogP contribution is -2.40. The van der Waals surface area contributed by atoms with Crippen molar-refractivity contribution in [3.8, 4) is 6.07 Å². The fourth-order valence-electron chi connectivity index (χ4n) is 2.69. The molecule has 19 heavy (non-hydrogen) atoms. The molecule has 1 aliphatic rings. The van der Waals surface area contributed by atoms with Crippen LogP contribution < -0.4 is 16.4 Å². The molecule has 1 aliphatic carbocycles. The van der Waals surface area contributed by atoms with Crippen LogP contribution in [-0.4, -0.2) is 18.5 Å². The summed E-state index contributed by atoms with van der Waals surface area (Å²) in [5.74, 6) is -0.382. The highest BCUT2D eigenvalue weighted by Crippen LogP contribution is 2.30. The van der Waals surface area contributed by atoms with Gasteiger partial charge in [0.1, 0.15) is 6.07 Å². The number of carbonyl (C=O) groups excluding carboxylic acids is 1. The first-order valence-corrected chi connectivity index (χ1v) is 6.46. The number of nitrogens with zero attached hydrogens (tertiary/aromatic N) is 2. The van der Waals surface area contributed by atoms with E-state index >= 15 is 0 Å². The molecule has 4 N–H and O–H groups in total. The molecule has 0 heterocycles. The van der Waals surface area contributed by atoms with Gasteiger partial charge in [0.05, 0.1) is 17.8 Å². The van der Waals surface area contributed by atoms with Gasteiger partial charge in [-0.25, -0.2) is 0 Å². The van der Waals surface area contributed by atoms with E-state index in [0.717, 1.165) is 31.4 Å². The molecule has 1 aromatic carbocycles. The zero-order valence-electron chi connectivity index (χ0n) is 10.8. The van der Waals surface area contributed by atoms with E-state index in [1.165, 1.54) is 0 Å². The van der Waals surface area contributed by atoms with Gasteiger partial charge in [-0.15, -0.1) is 0 Å². The number of hydrogen-bond acceptors (Lipinski definition) is 4. The molecule has 0 bridgehead atoms. The Labute approximate surface area is 112 Å². The van der Waals surface area contributed by atoms with E-state index in [1.807, 2.05) is 4.90 Å². The summed E-state index contributed by atoms with van der Waals surface area (Å²) in [6, 6.07) is 7.61. The third-order valence-corrected chi connectivity index (χ3v) is 3.54. The molecule has 5 nitrogen and oxygen atoms in total. The Balaban J connectivity index is 2.37. The Morgan fingerprint density at radius 1 is 1.42 bits per heavy atom. The zero-order valence-corrected chi connectivity index (χ0v) is 10.8. The average Bonchev–Trinajstić information content (AvgIpc) is 2.89. The molecule has 0 aromatic heterocycles. The van der Waals surface area contributed by atoms with Crippen molar-refractivity contribution in [1.29, 1.82) is 5.26 Å². The van der Waals surface area contributed by atoms with Crippen LogP contribution in [0.3, 0.4) is 0 Å². The number of amides is 1. The Morgan fingerprint density at radius 3 is 2.68 bits per heavy atom. The third-order valence-electron chi connectivity index (χ3n) is 3.54. The van der Waals surface area contributed by atoms with Crippen LogP contribution in [0.5, 0.6) is 0 Å². The maximum absolute atomic E-state index is 11.3. The first-order valence-electron chi connectivity index (χ1n) is 6.46. The van der Waals surface area contributed by atoms with E-state index in [2.05, 4.69) is 6.07 Å². The van der Waals surface area contributed by atoms with E-state index in [0.29, 0.717) is 11.3 Å². The zero-order chi connectivity index (χ0) is 13.8. The normalized spacial score (nSPS) is 15.1. The van der Waals surface area contributed by atoms with Gasteiger partial charge in [-0.1, -0.05) is 12.8 Å². The fraction of sp³-hybridized carbons (Fsp3) is 0.429. The average molecular weight is 258 g/mol. The number of nitriles is 1. The molecule has 0 atom stereocenters. The van der Waals surface area contributed by atoms with E-state index in [4.69, 9.17) is 11.5 Å². The van der Waals surface area contributed by atoms with Crippen LogP contribution in [0.1, 0.15) is 31.2 Å². The van der Waals surface area contributed by atoms with Gasteiger partial charge in [-0.05, 0) is 31.0 Å². The Hall–Kier alpha value is -2.22. The standard InChI is InChI=1S/C14H18N4O/c15-8-10-7-11(16)5-6-13(10)18(9-14(17)19)12-3-1-2-4-12/h5-7,12H,1-4,9,16H2,(H2,17,19). The smallest absolute Gasteiger partial charge is 0.236 e. The van der Waals surface area contributed by atoms with Crippen LogP contribution >= 0.6 is 0 Å². The lowest BCUT2D eigenvalue weighted by molar-refractivity contribution is -0.116. The Bertz CT molecular complexity index is 515. The summed E-state index contributed by atoms with van der Waals surface area (Å²) in [5, 5.41) is 9.22. The monoisotopic (exact) mass is 258 g/mol. The van der Waals surface area contributed by atoms with Gasteiger partial charge in [-0.3, -0.25) is 4.79 Å². The van der Waals surface area contributed by atoms with Crippen molar-refractivity contribution >= 4 is 17.3 Å². The second-order valence-corrected chi connectivity index (χ2v) is 4.92. The van der Waals surface area contributed by atoms with Crippen molar-refractivity contribution in [2.75, 3.05) is 17.2 Å². The molecule has 1 amide bonds. The summed E-state index contributed by atoms with van der Waals surface area (Å²) in [4.78, 5) is 13.2. The molecule has 1 aromatic rings. The summed E-state index contributed by atoms with van der Waals surface area (Å²) in [7, 11) is 0. The second kappa shape index (κ2) is 5.61. The van der Waals surface area contributed by atoms with Gasteiger partial charge in [-0.2, -0.15) is 5.26 Å². The number of primary amides is 1. The van der Waals surface area contributed by atoms with E-state index in [9.17, 15) is 10.1 Å². The van der Waals surface area contributed by atoms with Gasteiger partial charge in [0, 0.05) is 11.7 Å². The van der Waals surface area contributed by atoms with Gasteiger partial charge >= 0.3 is 0 Å². The van der Waals surface area contributed by atoms with Crippen molar-refractivity contribution in [2.24, 2.45) is 5.73 Å². The van der Waals surface area contributed by atoms with Gasteiger partial charge in [0.15, 0.2) is 0 Å². The van der Waals surface area contributed by atoms with E-state index in [-0.39, 0.29) is 18.5 Å². The van der Waals surface area contributed by atoms with Crippen molar-refractivity contribution in [3.05, 3.63) is 23.8 Å². The van der Waals surface area contributed by atoms with Crippen molar-refractivity contribution in [2.45, 2.75) is 31.7 Å². The van der Waals surface area contributed by atoms with E-state index < -0.39 is 0 Å². The number of anilines is 2. The minimum Gasteiger partial charge on any atom is -0.399 e. The first kappa shape index (κ1) is 13.2. The number of nitrogen functional groups attached to an aromatic ring is 1. The highest BCUT2D eigenvalue weighted by Gasteiger charge is 2.25. The summed E-state index contributed by atoms with van der Waals surface area (Å²) in [5.41, 5.74) is 12.8. The summed E-state index contributed by atoms with van der Waals surface area (Å²) < 4.78 is 0. The minimum atomic E-state index is -0.382. The SMILES string of the molecule is N#Cc1cc(N)ccc1N(CC(N)=O)C1CCCC1. The van der Waals surface area contributed by atoms with Gasteiger partial charge in [0.2, 0.25) is 5.91 Å².